The summed E-state index contributed by atoms with van der Waals surface area (Å²) in [5.41, 5.74) is 0. The molecule has 0 aromatic heterocycles. The Bertz CT molecular complexity index is 160. The zero-order valence-electron chi connectivity index (χ0n) is 15.1. The predicted molar refractivity (Wildman–Crippen MR) is 77.7 cm³/mol. The summed E-state index contributed by atoms with van der Waals surface area (Å²) in [7, 11) is 0. The molecular formula is C14H28F12. The quantitative estimate of drug-likeness (QED) is 0.339. The number of hydrogen-bond donors (Lipinski definition) is 0. The lowest BCUT2D eigenvalue weighted by molar-refractivity contribution is 0.108. The second-order valence-corrected chi connectivity index (χ2v) is 5.91. The second-order valence-electron chi connectivity index (χ2n) is 5.91. The van der Waals surface area contributed by atoms with Gasteiger partial charge in [-0.1, -0.05) is 59.8 Å². The van der Waals surface area contributed by atoms with Gasteiger partial charge in [0.25, 0.3) is 0 Å². The molecule has 0 nitrogen and oxygen atoms in total. The van der Waals surface area contributed by atoms with Gasteiger partial charge in [-0.3, -0.25) is 0 Å². The minimum absolute atomic E-state index is 1.01. The average Bonchev–Trinajstić information content (AvgIpc) is 3.32. The molecule has 0 heterocycles. The van der Waals surface area contributed by atoms with Crippen LogP contribution < -0.4 is 0 Å². The van der Waals surface area contributed by atoms with Crippen molar-refractivity contribution in [2.24, 2.45) is 23.7 Å². The molecular weight excluding hydrogens is 396 g/mol. The Labute approximate surface area is 146 Å². The lowest BCUT2D eigenvalue weighted by Gasteiger charge is -2.05. The van der Waals surface area contributed by atoms with E-state index in [1.165, 1.54) is 38.5 Å². The summed E-state index contributed by atoms with van der Waals surface area (Å²) in [4.78, 5) is 0. The first-order chi connectivity index (χ1) is 12.6. The fourth-order valence-electron chi connectivity index (χ4n) is 2.82. The van der Waals surface area contributed by atoms with Crippen LogP contribution >= 0.6 is 0 Å². The number of halogens is 12. The van der Waals surface area contributed by atoms with Crippen LogP contribution in [0.3, 0.4) is 0 Å². The molecule has 0 radical (unpaired) electrons. The maximum atomic E-state index is 8.00. The van der Waals surface area contributed by atoms with Crippen molar-refractivity contribution in [1.29, 1.82) is 0 Å². The smallest absolute Gasteiger partial charge is 0 e. The van der Waals surface area contributed by atoms with Gasteiger partial charge in [0.15, 0.2) is 0 Å². The molecule has 0 saturated heterocycles. The molecule has 0 spiro atoms. The van der Waals surface area contributed by atoms with Crippen molar-refractivity contribution in [3.63, 3.8) is 0 Å². The van der Waals surface area contributed by atoms with Gasteiger partial charge in [0, 0.05) is 54.9 Å². The van der Waals surface area contributed by atoms with E-state index in [1.807, 2.05) is 0 Å². The van der Waals surface area contributed by atoms with E-state index in [2.05, 4.69) is 27.7 Å². The van der Waals surface area contributed by atoms with Gasteiger partial charge in [-0.15, -0.1) is 0 Å². The summed E-state index contributed by atoms with van der Waals surface area (Å²) in [5, 5.41) is 0. The Morgan fingerprint density at radius 1 is 0.423 bits per heavy atom. The summed E-state index contributed by atoms with van der Waals surface area (Å²) < 4.78 is 96.0. The number of hydrogen-bond acceptors (Lipinski definition) is 0. The Balaban J connectivity index is -0.0000000493. The van der Waals surface area contributed by atoms with E-state index in [4.69, 9.17) is 54.9 Å². The van der Waals surface area contributed by atoms with Gasteiger partial charge in [0.05, 0.1) is 0 Å². The van der Waals surface area contributed by atoms with Crippen molar-refractivity contribution in [1.82, 2.24) is 0 Å². The molecule has 0 aromatic carbocycles. The molecule has 4 atom stereocenters. The van der Waals surface area contributed by atoms with Crippen LogP contribution in [0.5, 0.6) is 0 Å². The Morgan fingerprint density at radius 2 is 0.654 bits per heavy atom. The third-order valence-corrected chi connectivity index (χ3v) is 4.25. The highest BCUT2D eigenvalue weighted by atomic mass is 20.0. The largest absolute Gasteiger partial charge is 0.0625 e. The van der Waals surface area contributed by atoms with E-state index in [9.17, 15) is 0 Å². The highest BCUT2D eigenvalue weighted by Crippen LogP contribution is 2.30. The molecule has 0 bridgehead atoms. The molecule has 168 valence electrons. The minimum atomic E-state index is 1.01. The maximum absolute atomic E-state index is 8.00. The zero-order chi connectivity index (χ0) is 22.6. The van der Waals surface area contributed by atoms with Crippen molar-refractivity contribution < 1.29 is 54.9 Å². The summed E-state index contributed by atoms with van der Waals surface area (Å²) in [6.45, 7) is 9.42. The van der Waals surface area contributed by atoms with Crippen LogP contribution in [0.25, 0.3) is 0 Å². The predicted octanol–water partition coefficient (Wildman–Crippen LogP) is 9.93. The SMILES string of the molecule is CC1CCC(C)C1.CC1CCCC1C.FF.FF.FF.FF.FF.FF. The van der Waals surface area contributed by atoms with Crippen LogP contribution in [0.1, 0.15) is 66.2 Å². The van der Waals surface area contributed by atoms with Gasteiger partial charge in [-0.2, -0.15) is 0 Å². The molecule has 2 rings (SSSR count). The lowest BCUT2D eigenvalue weighted by atomic mass is 10.0. The van der Waals surface area contributed by atoms with Crippen molar-refractivity contribution in [2.45, 2.75) is 66.2 Å². The fourth-order valence-corrected chi connectivity index (χ4v) is 2.82. The standard InChI is InChI=1S/2C7H14.6F2/c1-6-3-4-7(2)5-6;1-6-4-3-5-7(6)2;6*1-2/h2*6-7H,3-5H2,1-2H3;;;;;;. The maximum Gasteiger partial charge on any atom is 0 e. The van der Waals surface area contributed by atoms with E-state index >= 15 is 0 Å². The Morgan fingerprint density at radius 3 is 0.731 bits per heavy atom. The molecule has 2 aliphatic carbocycles. The van der Waals surface area contributed by atoms with Crippen LogP contribution in [0.4, 0.5) is 54.9 Å². The molecule has 0 amide bonds. The number of rotatable bonds is 0. The highest BCUT2D eigenvalue weighted by Gasteiger charge is 2.17. The first kappa shape index (κ1) is 40.0. The van der Waals surface area contributed by atoms with E-state index in [-0.39, 0.29) is 0 Å². The van der Waals surface area contributed by atoms with E-state index in [0.717, 1.165) is 23.7 Å². The molecule has 0 N–H and O–H groups in total. The van der Waals surface area contributed by atoms with Gasteiger partial charge in [-0.05, 0) is 30.1 Å². The molecule has 2 fully saturated rings. The van der Waals surface area contributed by atoms with Crippen molar-refractivity contribution >= 4 is 0 Å². The van der Waals surface area contributed by atoms with Crippen molar-refractivity contribution in [3.05, 3.63) is 0 Å². The third-order valence-electron chi connectivity index (χ3n) is 4.25. The van der Waals surface area contributed by atoms with Gasteiger partial charge in [0.1, 0.15) is 0 Å². The van der Waals surface area contributed by atoms with E-state index in [1.54, 1.807) is 0 Å². The molecule has 2 saturated carbocycles. The first-order valence-corrected chi connectivity index (χ1v) is 7.45. The molecule has 0 aromatic rings. The van der Waals surface area contributed by atoms with Crippen molar-refractivity contribution in [3.8, 4) is 0 Å². The normalized spacial score (nSPS) is 24.0. The Kier molecular flexibility index (Phi) is 67.7. The van der Waals surface area contributed by atoms with Crippen molar-refractivity contribution in [2.75, 3.05) is 0 Å². The summed E-state index contributed by atoms with van der Waals surface area (Å²) in [5.74, 6) is 4.07. The van der Waals surface area contributed by atoms with Crippen LogP contribution in [-0.4, -0.2) is 0 Å². The average molecular weight is 424 g/mol. The lowest BCUT2D eigenvalue weighted by Crippen LogP contribution is -1.95. The van der Waals surface area contributed by atoms with Gasteiger partial charge >= 0.3 is 0 Å². The minimum Gasteiger partial charge on any atom is -0.0625 e. The van der Waals surface area contributed by atoms with Gasteiger partial charge < -0.3 is 0 Å². The fraction of sp³-hybridized carbons (Fsp3) is 1.00. The summed E-state index contributed by atoms with van der Waals surface area (Å²) in [6, 6.07) is 0. The van der Waals surface area contributed by atoms with Crippen LogP contribution in [0.2, 0.25) is 0 Å². The van der Waals surface area contributed by atoms with Gasteiger partial charge in [-0.25, -0.2) is 0 Å². The Hall–Kier alpha value is -0.840. The van der Waals surface area contributed by atoms with E-state index < -0.39 is 0 Å². The van der Waals surface area contributed by atoms with Crippen LogP contribution in [0, 0.1) is 23.7 Å². The third kappa shape index (κ3) is 34.5. The zero-order valence-corrected chi connectivity index (χ0v) is 15.1. The second kappa shape index (κ2) is 44.0. The molecule has 12 heteroatoms. The molecule has 2 aliphatic rings. The molecule has 26 heavy (non-hydrogen) atoms. The summed E-state index contributed by atoms with van der Waals surface area (Å²) >= 11 is 0. The monoisotopic (exact) mass is 424 g/mol. The summed E-state index contributed by atoms with van der Waals surface area (Å²) in [6.07, 6.45) is 8.84. The van der Waals surface area contributed by atoms with E-state index in [0.29, 0.717) is 0 Å². The first-order valence-electron chi connectivity index (χ1n) is 7.45. The molecule has 4 unspecified atom stereocenters. The topological polar surface area (TPSA) is 0 Å². The van der Waals surface area contributed by atoms with Crippen LogP contribution in [0.15, 0.2) is 0 Å². The highest BCUT2D eigenvalue weighted by molar-refractivity contribution is 4.69. The van der Waals surface area contributed by atoms with Gasteiger partial charge in [0.2, 0.25) is 0 Å². The molecule has 0 aliphatic heterocycles. The van der Waals surface area contributed by atoms with Crippen LogP contribution in [-0.2, 0) is 0 Å².